The predicted octanol–water partition coefficient (Wildman–Crippen LogP) is 2.15. The van der Waals surface area contributed by atoms with Gasteiger partial charge >= 0.3 is 0 Å². The minimum Gasteiger partial charge on any atom is -0.332 e. The minimum atomic E-state index is -0.178. The second-order valence-electron chi connectivity index (χ2n) is 4.17. The van der Waals surface area contributed by atoms with E-state index in [1.54, 1.807) is 0 Å². The highest BCUT2D eigenvalue weighted by atomic mass is 79.9. The Hall–Kier alpha value is -0.860. The lowest BCUT2D eigenvalue weighted by Gasteiger charge is -2.22. The summed E-state index contributed by atoms with van der Waals surface area (Å²) in [6.07, 6.45) is 2.37. The first-order chi connectivity index (χ1) is 7.65. The van der Waals surface area contributed by atoms with E-state index in [1.807, 2.05) is 18.5 Å². The molecule has 86 valence electrons. The molecular formula is C11H15BrN4. The number of nitrogens with zero attached hydrogens (tertiary/aromatic N) is 4. The lowest BCUT2D eigenvalue weighted by atomic mass is 10.2. The smallest absolute Gasteiger partial charge is 0.141 e. The molecule has 1 fully saturated rings. The number of halogens is 1. The van der Waals surface area contributed by atoms with Crippen molar-refractivity contribution in [1.82, 2.24) is 14.5 Å². The molecule has 1 aromatic rings. The van der Waals surface area contributed by atoms with E-state index < -0.39 is 0 Å². The second-order valence-corrected chi connectivity index (χ2v) is 4.92. The zero-order valence-electron chi connectivity index (χ0n) is 9.57. The third-order valence-corrected chi connectivity index (χ3v) is 3.79. The van der Waals surface area contributed by atoms with Crippen molar-refractivity contribution in [2.45, 2.75) is 25.8 Å². The standard InChI is InChI=1S/C11H15BrN4/c1-8-14-11(12)10(15(8)2)9(7-13)16-5-3-4-6-16/h9H,3-6H2,1-2H3. The molecule has 16 heavy (non-hydrogen) atoms. The van der Waals surface area contributed by atoms with Gasteiger partial charge in [0, 0.05) is 7.05 Å². The highest BCUT2D eigenvalue weighted by Gasteiger charge is 2.28. The molecule has 0 spiro atoms. The van der Waals surface area contributed by atoms with Gasteiger partial charge in [0.15, 0.2) is 0 Å². The third kappa shape index (κ3) is 1.87. The number of nitriles is 1. The fourth-order valence-corrected chi connectivity index (χ4v) is 2.94. The maximum absolute atomic E-state index is 9.34. The molecular weight excluding hydrogens is 268 g/mol. The van der Waals surface area contributed by atoms with Crippen molar-refractivity contribution in [1.29, 1.82) is 5.26 Å². The van der Waals surface area contributed by atoms with E-state index in [4.69, 9.17) is 0 Å². The molecule has 1 atom stereocenters. The van der Waals surface area contributed by atoms with Crippen LogP contribution in [0.1, 0.15) is 30.4 Å². The van der Waals surface area contributed by atoms with E-state index in [0.29, 0.717) is 0 Å². The molecule has 0 radical (unpaired) electrons. The third-order valence-electron chi connectivity index (χ3n) is 3.21. The largest absolute Gasteiger partial charge is 0.332 e. The Kier molecular flexibility index (Phi) is 3.31. The number of hydrogen-bond donors (Lipinski definition) is 0. The van der Waals surface area contributed by atoms with E-state index in [-0.39, 0.29) is 6.04 Å². The Labute approximate surface area is 104 Å². The van der Waals surface area contributed by atoms with Crippen molar-refractivity contribution in [3.63, 3.8) is 0 Å². The molecule has 1 saturated heterocycles. The van der Waals surface area contributed by atoms with Crippen LogP contribution < -0.4 is 0 Å². The zero-order chi connectivity index (χ0) is 11.7. The molecule has 1 unspecified atom stereocenters. The summed E-state index contributed by atoms with van der Waals surface area (Å²) in [6.45, 7) is 3.97. The first-order valence-electron chi connectivity index (χ1n) is 5.47. The molecule has 1 aliphatic rings. The van der Waals surface area contributed by atoms with Gasteiger partial charge in [0.25, 0.3) is 0 Å². The van der Waals surface area contributed by atoms with Gasteiger partial charge in [-0.3, -0.25) is 4.90 Å². The van der Waals surface area contributed by atoms with Gasteiger partial charge in [-0.15, -0.1) is 0 Å². The Morgan fingerprint density at radius 1 is 1.44 bits per heavy atom. The van der Waals surface area contributed by atoms with Crippen molar-refractivity contribution >= 4 is 15.9 Å². The molecule has 1 aliphatic heterocycles. The van der Waals surface area contributed by atoms with Gasteiger partial charge in [0.05, 0.1) is 11.8 Å². The van der Waals surface area contributed by atoms with Gasteiger partial charge in [-0.05, 0) is 48.8 Å². The molecule has 0 amide bonds. The van der Waals surface area contributed by atoms with Gasteiger partial charge in [0.2, 0.25) is 0 Å². The zero-order valence-corrected chi connectivity index (χ0v) is 11.2. The van der Waals surface area contributed by atoms with Gasteiger partial charge in [-0.25, -0.2) is 4.98 Å². The molecule has 5 heteroatoms. The van der Waals surface area contributed by atoms with Gasteiger partial charge in [-0.2, -0.15) is 5.26 Å². The highest BCUT2D eigenvalue weighted by Crippen LogP contribution is 2.29. The summed E-state index contributed by atoms with van der Waals surface area (Å²) in [5.41, 5.74) is 0.974. The van der Waals surface area contributed by atoms with Crippen LogP contribution in [0.2, 0.25) is 0 Å². The van der Waals surface area contributed by atoms with Crippen molar-refractivity contribution in [2.24, 2.45) is 7.05 Å². The molecule has 2 rings (SSSR count). The maximum Gasteiger partial charge on any atom is 0.141 e. The summed E-state index contributed by atoms with van der Waals surface area (Å²) >= 11 is 3.45. The van der Waals surface area contributed by atoms with Crippen LogP contribution in [0, 0.1) is 18.3 Å². The molecule has 0 bridgehead atoms. The molecule has 4 nitrogen and oxygen atoms in total. The molecule has 0 aliphatic carbocycles. The average Bonchev–Trinajstić information content (AvgIpc) is 2.84. The Balaban J connectivity index is 2.37. The molecule has 0 N–H and O–H groups in total. The van der Waals surface area contributed by atoms with Crippen molar-refractivity contribution in [3.8, 4) is 6.07 Å². The van der Waals surface area contributed by atoms with E-state index in [1.165, 1.54) is 12.8 Å². The number of rotatable bonds is 2. The van der Waals surface area contributed by atoms with Crippen LogP contribution in [-0.4, -0.2) is 27.5 Å². The molecule has 2 heterocycles. The summed E-state index contributed by atoms with van der Waals surface area (Å²) in [7, 11) is 1.96. The fraction of sp³-hybridized carbons (Fsp3) is 0.636. The van der Waals surface area contributed by atoms with Crippen molar-refractivity contribution < 1.29 is 0 Å². The van der Waals surface area contributed by atoms with Crippen molar-refractivity contribution in [2.75, 3.05) is 13.1 Å². The monoisotopic (exact) mass is 282 g/mol. The van der Waals surface area contributed by atoms with Gasteiger partial charge < -0.3 is 4.57 Å². The van der Waals surface area contributed by atoms with Gasteiger partial charge in [0.1, 0.15) is 16.5 Å². The molecule has 0 aromatic carbocycles. The number of aryl methyl sites for hydroxylation is 1. The second kappa shape index (κ2) is 4.56. The first-order valence-corrected chi connectivity index (χ1v) is 6.27. The van der Waals surface area contributed by atoms with Crippen LogP contribution in [0.25, 0.3) is 0 Å². The normalized spacial score (nSPS) is 18.6. The van der Waals surface area contributed by atoms with Crippen LogP contribution in [0.5, 0.6) is 0 Å². The number of likely N-dealkylation sites (tertiary alicyclic amines) is 1. The maximum atomic E-state index is 9.34. The van der Waals surface area contributed by atoms with E-state index in [0.717, 1.165) is 29.2 Å². The van der Waals surface area contributed by atoms with E-state index in [2.05, 4.69) is 31.9 Å². The minimum absolute atomic E-state index is 0.178. The van der Waals surface area contributed by atoms with Crippen LogP contribution in [-0.2, 0) is 7.05 Å². The van der Waals surface area contributed by atoms with E-state index >= 15 is 0 Å². The summed E-state index contributed by atoms with van der Waals surface area (Å²) in [4.78, 5) is 6.58. The summed E-state index contributed by atoms with van der Waals surface area (Å²) < 4.78 is 2.79. The lowest BCUT2D eigenvalue weighted by molar-refractivity contribution is 0.285. The first kappa shape index (κ1) is 11.6. The van der Waals surface area contributed by atoms with Crippen LogP contribution in [0.15, 0.2) is 4.60 Å². The number of imidazole rings is 1. The van der Waals surface area contributed by atoms with Crippen LogP contribution in [0.4, 0.5) is 0 Å². The topological polar surface area (TPSA) is 44.9 Å². The number of aromatic nitrogens is 2. The molecule has 1 aromatic heterocycles. The van der Waals surface area contributed by atoms with Gasteiger partial charge in [-0.1, -0.05) is 0 Å². The Morgan fingerprint density at radius 2 is 2.06 bits per heavy atom. The lowest BCUT2D eigenvalue weighted by Crippen LogP contribution is -2.26. The number of hydrogen-bond acceptors (Lipinski definition) is 3. The van der Waals surface area contributed by atoms with Crippen molar-refractivity contribution in [3.05, 3.63) is 16.1 Å². The highest BCUT2D eigenvalue weighted by molar-refractivity contribution is 9.10. The van der Waals surface area contributed by atoms with Crippen LogP contribution in [0.3, 0.4) is 0 Å². The fourth-order valence-electron chi connectivity index (χ4n) is 2.20. The Morgan fingerprint density at radius 3 is 2.50 bits per heavy atom. The summed E-state index contributed by atoms with van der Waals surface area (Å²) in [6, 6.07) is 2.21. The summed E-state index contributed by atoms with van der Waals surface area (Å²) in [5.74, 6) is 0.932. The summed E-state index contributed by atoms with van der Waals surface area (Å²) in [5, 5.41) is 9.34. The van der Waals surface area contributed by atoms with E-state index in [9.17, 15) is 5.26 Å². The quantitative estimate of drug-likeness (QED) is 0.835. The molecule has 0 saturated carbocycles. The predicted molar refractivity (Wildman–Crippen MR) is 64.8 cm³/mol. The SMILES string of the molecule is Cc1nc(Br)c(C(C#N)N2CCCC2)n1C. The average molecular weight is 283 g/mol. The van der Waals surface area contributed by atoms with Crippen LogP contribution >= 0.6 is 15.9 Å². The Bertz CT molecular complexity index is 426.